The molecule has 5 nitrogen and oxygen atoms in total. The summed E-state index contributed by atoms with van der Waals surface area (Å²) in [7, 11) is 1.93. The highest BCUT2D eigenvalue weighted by Crippen LogP contribution is 2.33. The van der Waals surface area contributed by atoms with Gasteiger partial charge in [-0.3, -0.25) is 9.48 Å². The molecule has 3 heterocycles. The van der Waals surface area contributed by atoms with Gasteiger partial charge in [-0.2, -0.15) is 5.10 Å². The average molecular weight is 305 g/mol. The number of hydrogen-bond acceptors (Lipinski definition) is 4. The Morgan fingerprint density at radius 2 is 2.33 bits per heavy atom. The van der Waals surface area contributed by atoms with Crippen LogP contribution in [0.1, 0.15) is 34.6 Å². The van der Waals surface area contributed by atoms with Crippen LogP contribution in [0.25, 0.3) is 10.2 Å². The summed E-state index contributed by atoms with van der Waals surface area (Å²) in [6, 6.07) is 2.28. The molecule has 21 heavy (non-hydrogen) atoms. The summed E-state index contributed by atoms with van der Waals surface area (Å²) >= 11 is 1.55. The largest absolute Gasteiger partial charge is 0.374 e. The lowest BCUT2D eigenvalue weighted by atomic mass is 10.1. The predicted octanol–water partition coefficient (Wildman–Crippen LogP) is 2.34. The predicted molar refractivity (Wildman–Crippen MR) is 81.7 cm³/mol. The zero-order valence-electron chi connectivity index (χ0n) is 12.3. The molecule has 0 unspecified atom stereocenters. The Hall–Kier alpha value is -1.40. The Morgan fingerprint density at radius 3 is 3.14 bits per heavy atom. The van der Waals surface area contributed by atoms with Crippen molar-refractivity contribution in [3.8, 4) is 0 Å². The van der Waals surface area contributed by atoms with Gasteiger partial charge in [-0.15, -0.1) is 11.3 Å². The molecule has 0 radical (unpaired) electrons. The molecule has 1 aliphatic carbocycles. The van der Waals surface area contributed by atoms with Crippen LogP contribution in [0.4, 0.5) is 0 Å². The number of amides is 1. The monoisotopic (exact) mass is 305 g/mol. The van der Waals surface area contributed by atoms with Gasteiger partial charge in [-0.1, -0.05) is 0 Å². The highest BCUT2D eigenvalue weighted by molar-refractivity contribution is 7.20. The second kappa shape index (κ2) is 4.81. The van der Waals surface area contributed by atoms with Crippen molar-refractivity contribution in [2.45, 2.75) is 38.3 Å². The first-order valence-corrected chi connectivity index (χ1v) is 8.32. The fourth-order valence-corrected chi connectivity index (χ4v) is 4.71. The van der Waals surface area contributed by atoms with Crippen molar-refractivity contribution < 1.29 is 9.53 Å². The van der Waals surface area contributed by atoms with E-state index in [1.54, 1.807) is 11.3 Å². The van der Waals surface area contributed by atoms with E-state index in [4.69, 9.17) is 4.74 Å². The van der Waals surface area contributed by atoms with Crippen molar-refractivity contribution in [3.63, 3.8) is 0 Å². The molecule has 2 aromatic heterocycles. The van der Waals surface area contributed by atoms with Gasteiger partial charge in [0.25, 0.3) is 5.91 Å². The smallest absolute Gasteiger partial charge is 0.264 e. The van der Waals surface area contributed by atoms with Crippen molar-refractivity contribution >= 4 is 27.5 Å². The van der Waals surface area contributed by atoms with Gasteiger partial charge >= 0.3 is 0 Å². The van der Waals surface area contributed by atoms with Crippen LogP contribution in [-0.4, -0.2) is 45.9 Å². The summed E-state index contributed by atoms with van der Waals surface area (Å²) in [6.45, 7) is 3.37. The van der Waals surface area contributed by atoms with Gasteiger partial charge in [0.15, 0.2) is 0 Å². The van der Waals surface area contributed by atoms with E-state index in [0.29, 0.717) is 13.2 Å². The molecular formula is C15H19N3O2S. The van der Waals surface area contributed by atoms with Crippen LogP contribution in [0, 0.1) is 6.92 Å². The third-order valence-electron chi connectivity index (χ3n) is 4.65. The first-order chi connectivity index (χ1) is 10.1. The highest BCUT2D eigenvalue weighted by Gasteiger charge is 2.39. The van der Waals surface area contributed by atoms with Crippen LogP contribution < -0.4 is 0 Å². The number of nitrogens with zero attached hydrogens (tertiary/aromatic N) is 3. The van der Waals surface area contributed by atoms with E-state index in [2.05, 4.69) is 5.10 Å². The quantitative estimate of drug-likeness (QED) is 0.812. The van der Waals surface area contributed by atoms with Gasteiger partial charge in [-0.05, 0) is 32.3 Å². The maximum absolute atomic E-state index is 12.9. The second-order valence-corrected chi connectivity index (χ2v) is 6.98. The zero-order valence-corrected chi connectivity index (χ0v) is 13.2. The fraction of sp³-hybridized carbons (Fsp3) is 0.600. The average Bonchev–Trinajstić information content (AvgIpc) is 3.16. The maximum atomic E-state index is 12.9. The number of aromatic nitrogens is 2. The summed E-state index contributed by atoms with van der Waals surface area (Å²) in [5.74, 6) is 0.163. The molecule has 2 fully saturated rings. The van der Waals surface area contributed by atoms with Gasteiger partial charge in [0, 0.05) is 19.0 Å². The molecule has 1 saturated carbocycles. The summed E-state index contributed by atoms with van der Waals surface area (Å²) in [5.41, 5.74) is 0.989. The fourth-order valence-electron chi connectivity index (χ4n) is 3.63. The molecule has 4 rings (SSSR count). The SMILES string of the molecule is Cc1nn(C)c2sc(C(=O)N3CCO[C@@H]4CCC[C@@H]43)cc12. The number of thiophene rings is 1. The van der Waals surface area contributed by atoms with Crippen LogP contribution in [0.3, 0.4) is 0 Å². The number of rotatable bonds is 1. The van der Waals surface area contributed by atoms with E-state index in [1.807, 2.05) is 29.6 Å². The number of carbonyl (C=O) groups excluding carboxylic acids is 1. The van der Waals surface area contributed by atoms with Crippen LogP contribution in [0.5, 0.6) is 0 Å². The lowest BCUT2D eigenvalue weighted by molar-refractivity contribution is -0.0443. The number of ether oxygens (including phenoxy) is 1. The Kier molecular flexibility index (Phi) is 3.04. The van der Waals surface area contributed by atoms with Crippen molar-refractivity contribution in [1.29, 1.82) is 0 Å². The molecule has 1 amide bonds. The normalized spacial score (nSPS) is 25.5. The van der Waals surface area contributed by atoms with Crippen molar-refractivity contribution in [1.82, 2.24) is 14.7 Å². The molecule has 0 aromatic carbocycles. The van der Waals surface area contributed by atoms with E-state index in [-0.39, 0.29) is 18.1 Å². The van der Waals surface area contributed by atoms with Crippen molar-refractivity contribution in [3.05, 3.63) is 16.6 Å². The number of morpholine rings is 1. The van der Waals surface area contributed by atoms with Gasteiger partial charge in [0.1, 0.15) is 4.83 Å². The molecule has 0 bridgehead atoms. The Labute approximate surface area is 127 Å². The second-order valence-electron chi connectivity index (χ2n) is 5.94. The highest BCUT2D eigenvalue weighted by atomic mass is 32.1. The molecule has 6 heteroatoms. The zero-order chi connectivity index (χ0) is 14.6. The first-order valence-electron chi connectivity index (χ1n) is 7.51. The molecule has 2 aliphatic rings. The van der Waals surface area contributed by atoms with Crippen molar-refractivity contribution in [2.75, 3.05) is 13.2 Å². The topological polar surface area (TPSA) is 47.4 Å². The minimum atomic E-state index is 0.163. The number of fused-ring (bicyclic) bond motifs is 2. The van der Waals surface area contributed by atoms with Crippen LogP contribution in [0.2, 0.25) is 0 Å². The Morgan fingerprint density at radius 1 is 1.48 bits per heavy atom. The van der Waals surface area contributed by atoms with Gasteiger partial charge in [-0.25, -0.2) is 0 Å². The summed E-state index contributed by atoms with van der Waals surface area (Å²) in [5, 5.41) is 5.50. The van der Waals surface area contributed by atoms with Gasteiger partial charge in [0.05, 0.1) is 29.3 Å². The molecule has 1 aliphatic heterocycles. The summed E-state index contributed by atoms with van der Waals surface area (Å²) in [6.07, 6.45) is 3.57. The van der Waals surface area contributed by atoms with Crippen LogP contribution >= 0.6 is 11.3 Å². The van der Waals surface area contributed by atoms with Gasteiger partial charge in [0.2, 0.25) is 0 Å². The molecule has 2 aromatic rings. The minimum Gasteiger partial charge on any atom is -0.374 e. The van der Waals surface area contributed by atoms with Crippen LogP contribution in [0.15, 0.2) is 6.07 Å². The van der Waals surface area contributed by atoms with E-state index >= 15 is 0 Å². The first kappa shape index (κ1) is 13.3. The molecule has 0 spiro atoms. The van der Waals surface area contributed by atoms with E-state index < -0.39 is 0 Å². The number of hydrogen-bond donors (Lipinski definition) is 0. The summed E-state index contributed by atoms with van der Waals surface area (Å²) < 4.78 is 7.66. The lowest BCUT2D eigenvalue weighted by Gasteiger charge is -2.37. The molecule has 0 N–H and O–H groups in total. The Balaban J connectivity index is 1.67. The molecule has 112 valence electrons. The van der Waals surface area contributed by atoms with E-state index in [0.717, 1.165) is 40.1 Å². The minimum absolute atomic E-state index is 0.163. The van der Waals surface area contributed by atoms with Crippen LogP contribution in [-0.2, 0) is 11.8 Å². The lowest BCUT2D eigenvalue weighted by Crippen LogP contribution is -2.51. The van der Waals surface area contributed by atoms with Crippen molar-refractivity contribution in [2.24, 2.45) is 7.05 Å². The van der Waals surface area contributed by atoms with E-state index in [9.17, 15) is 4.79 Å². The number of aryl methyl sites for hydroxylation is 2. The van der Waals surface area contributed by atoms with E-state index in [1.165, 1.54) is 0 Å². The van der Waals surface area contributed by atoms with Gasteiger partial charge < -0.3 is 9.64 Å². The standard InChI is InChI=1S/C15H19N3O2S/c1-9-10-8-13(21-15(10)17(2)16-9)14(19)18-6-7-20-12-5-3-4-11(12)18/h8,11-12H,3-7H2,1-2H3/t11-,12+/m0/s1. The molecule has 1 saturated heterocycles. The molecule has 2 atom stereocenters. The third kappa shape index (κ3) is 2.00. The number of carbonyl (C=O) groups is 1. The third-order valence-corrected chi connectivity index (χ3v) is 5.84. The maximum Gasteiger partial charge on any atom is 0.264 e. The Bertz CT molecular complexity index is 671. The molecular weight excluding hydrogens is 286 g/mol. The summed E-state index contributed by atoms with van der Waals surface area (Å²) in [4.78, 5) is 16.8.